The van der Waals surface area contributed by atoms with E-state index >= 15 is 0 Å². The predicted octanol–water partition coefficient (Wildman–Crippen LogP) is 3.83. The fourth-order valence-corrected chi connectivity index (χ4v) is 3.61. The van der Waals surface area contributed by atoms with Crippen LogP contribution in [0.3, 0.4) is 0 Å². The highest BCUT2D eigenvalue weighted by Crippen LogP contribution is 2.20. The number of sulfonamides is 1. The van der Waals surface area contributed by atoms with Crippen molar-refractivity contribution in [2.45, 2.75) is 18.4 Å². The number of hydrogen-bond acceptors (Lipinski definition) is 5. The molecule has 0 fully saturated rings. The number of nitrogens with one attached hydrogen (secondary N) is 1. The Kier molecular flexibility index (Phi) is 4.82. The van der Waals surface area contributed by atoms with Crippen LogP contribution < -0.4 is 9.46 Å². The molecule has 3 aromatic rings. The summed E-state index contributed by atoms with van der Waals surface area (Å²) in [6.07, 6.45) is 1.73. The van der Waals surface area contributed by atoms with Gasteiger partial charge in [-0.15, -0.1) is 11.3 Å². The van der Waals surface area contributed by atoms with Crippen LogP contribution in [0, 0.1) is 6.92 Å². The minimum Gasteiger partial charge on any atom is -0.486 e. The molecule has 1 aromatic heterocycles. The quantitative estimate of drug-likeness (QED) is 0.725. The molecular formula is C17H16N2O3S2. The summed E-state index contributed by atoms with van der Waals surface area (Å²) in [5.74, 6) is 0.656. The second kappa shape index (κ2) is 7.02. The number of rotatable bonds is 6. The van der Waals surface area contributed by atoms with Gasteiger partial charge in [-0.2, -0.15) is 0 Å². The third kappa shape index (κ3) is 4.12. The molecule has 0 radical (unpaired) electrons. The topological polar surface area (TPSA) is 68.3 Å². The zero-order valence-corrected chi connectivity index (χ0v) is 14.6. The summed E-state index contributed by atoms with van der Waals surface area (Å²) in [6, 6.07) is 13.5. The lowest BCUT2D eigenvalue weighted by Gasteiger charge is -2.09. The van der Waals surface area contributed by atoms with E-state index in [0.29, 0.717) is 18.0 Å². The maximum Gasteiger partial charge on any atom is 0.261 e. The highest BCUT2D eigenvalue weighted by molar-refractivity contribution is 7.92. The Bertz CT molecular complexity index is 888. The number of anilines is 1. The predicted molar refractivity (Wildman–Crippen MR) is 94.9 cm³/mol. The van der Waals surface area contributed by atoms with Gasteiger partial charge < -0.3 is 4.74 Å². The first-order valence-electron chi connectivity index (χ1n) is 7.24. The zero-order chi connectivity index (χ0) is 17.0. The first-order valence-corrected chi connectivity index (χ1v) is 9.60. The standard InChI is InChI=1S/C17H16N2O3S2/c1-13-2-8-16(9-3-13)24(20,21)19-14-4-6-15(7-5-14)22-12-17-18-10-11-23-17/h2-11,19H,12H2,1H3. The molecule has 0 bridgehead atoms. The Morgan fingerprint density at radius 1 is 1.08 bits per heavy atom. The van der Waals surface area contributed by atoms with Crippen molar-refractivity contribution in [3.8, 4) is 5.75 Å². The van der Waals surface area contributed by atoms with Crippen LogP contribution in [0.25, 0.3) is 0 Å². The maximum atomic E-state index is 12.3. The molecule has 7 heteroatoms. The lowest BCUT2D eigenvalue weighted by molar-refractivity contribution is 0.305. The van der Waals surface area contributed by atoms with Crippen molar-refractivity contribution in [2.75, 3.05) is 4.72 Å². The molecule has 0 spiro atoms. The molecule has 1 N–H and O–H groups in total. The molecule has 0 saturated heterocycles. The molecule has 3 rings (SSSR count). The van der Waals surface area contributed by atoms with Crippen LogP contribution in [0.2, 0.25) is 0 Å². The monoisotopic (exact) mass is 360 g/mol. The first-order chi connectivity index (χ1) is 11.5. The lowest BCUT2D eigenvalue weighted by atomic mass is 10.2. The minimum absolute atomic E-state index is 0.234. The van der Waals surface area contributed by atoms with Gasteiger partial charge in [-0.05, 0) is 43.3 Å². The molecule has 124 valence electrons. The molecule has 2 aromatic carbocycles. The van der Waals surface area contributed by atoms with E-state index in [-0.39, 0.29) is 4.90 Å². The van der Waals surface area contributed by atoms with Crippen LogP contribution in [0.15, 0.2) is 65.0 Å². The molecule has 0 atom stereocenters. The van der Waals surface area contributed by atoms with E-state index < -0.39 is 10.0 Å². The minimum atomic E-state index is -3.59. The Morgan fingerprint density at radius 2 is 1.79 bits per heavy atom. The van der Waals surface area contributed by atoms with E-state index in [1.54, 1.807) is 54.7 Å². The summed E-state index contributed by atoms with van der Waals surface area (Å²) in [7, 11) is -3.59. The second-order valence-electron chi connectivity index (χ2n) is 5.16. The largest absolute Gasteiger partial charge is 0.486 e. The molecule has 1 heterocycles. The maximum absolute atomic E-state index is 12.3. The number of hydrogen-bond donors (Lipinski definition) is 1. The van der Waals surface area contributed by atoms with Gasteiger partial charge in [0.15, 0.2) is 0 Å². The van der Waals surface area contributed by atoms with Gasteiger partial charge in [-0.25, -0.2) is 13.4 Å². The number of thiazole rings is 1. The molecule has 0 aliphatic carbocycles. The number of aryl methyl sites for hydroxylation is 1. The van der Waals surface area contributed by atoms with Crippen LogP contribution >= 0.6 is 11.3 Å². The van der Waals surface area contributed by atoms with E-state index in [2.05, 4.69) is 9.71 Å². The van der Waals surface area contributed by atoms with Crippen LogP contribution in [0.4, 0.5) is 5.69 Å². The molecule has 0 aliphatic heterocycles. The van der Waals surface area contributed by atoms with Crippen molar-refractivity contribution in [1.82, 2.24) is 4.98 Å². The van der Waals surface area contributed by atoms with Gasteiger partial charge in [0, 0.05) is 17.3 Å². The van der Waals surface area contributed by atoms with Crippen LogP contribution in [0.1, 0.15) is 10.6 Å². The van der Waals surface area contributed by atoms with Crippen molar-refractivity contribution < 1.29 is 13.2 Å². The second-order valence-corrected chi connectivity index (χ2v) is 7.82. The van der Waals surface area contributed by atoms with E-state index in [1.807, 2.05) is 12.3 Å². The van der Waals surface area contributed by atoms with Gasteiger partial charge in [0.05, 0.1) is 4.90 Å². The molecule has 0 amide bonds. The number of ether oxygens (including phenoxy) is 1. The number of aromatic nitrogens is 1. The summed E-state index contributed by atoms with van der Waals surface area (Å²) in [5.41, 5.74) is 1.49. The fraction of sp³-hybridized carbons (Fsp3) is 0.118. The van der Waals surface area contributed by atoms with Crippen molar-refractivity contribution in [2.24, 2.45) is 0 Å². The lowest BCUT2D eigenvalue weighted by Crippen LogP contribution is -2.12. The average molecular weight is 360 g/mol. The van der Waals surface area contributed by atoms with Gasteiger partial charge in [0.1, 0.15) is 17.4 Å². The summed E-state index contributed by atoms with van der Waals surface area (Å²) in [6.45, 7) is 2.31. The van der Waals surface area contributed by atoms with Crippen molar-refractivity contribution in [1.29, 1.82) is 0 Å². The smallest absolute Gasteiger partial charge is 0.261 e. The molecular weight excluding hydrogens is 344 g/mol. The molecule has 0 aliphatic rings. The highest BCUT2D eigenvalue weighted by atomic mass is 32.2. The number of nitrogens with zero attached hydrogens (tertiary/aromatic N) is 1. The molecule has 0 saturated carbocycles. The SMILES string of the molecule is Cc1ccc(S(=O)(=O)Nc2ccc(OCc3nccs3)cc2)cc1. The van der Waals surface area contributed by atoms with E-state index in [0.717, 1.165) is 10.6 Å². The van der Waals surface area contributed by atoms with E-state index in [9.17, 15) is 8.42 Å². The zero-order valence-electron chi connectivity index (χ0n) is 13.0. The van der Waals surface area contributed by atoms with Gasteiger partial charge in [-0.3, -0.25) is 4.72 Å². The van der Waals surface area contributed by atoms with Gasteiger partial charge in [0.2, 0.25) is 0 Å². The van der Waals surface area contributed by atoms with Crippen molar-refractivity contribution in [3.63, 3.8) is 0 Å². The van der Waals surface area contributed by atoms with Crippen molar-refractivity contribution >= 4 is 27.0 Å². The highest BCUT2D eigenvalue weighted by Gasteiger charge is 2.13. The van der Waals surface area contributed by atoms with Gasteiger partial charge >= 0.3 is 0 Å². The molecule has 24 heavy (non-hydrogen) atoms. The van der Waals surface area contributed by atoms with Crippen LogP contribution in [0.5, 0.6) is 5.75 Å². The Morgan fingerprint density at radius 3 is 2.42 bits per heavy atom. The van der Waals surface area contributed by atoms with Crippen molar-refractivity contribution in [3.05, 3.63) is 70.7 Å². The summed E-state index contributed by atoms with van der Waals surface area (Å²) >= 11 is 1.52. The van der Waals surface area contributed by atoms with Gasteiger partial charge in [0.25, 0.3) is 10.0 Å². The average Bonchev–Trinajstić information content (AvgIpc) is 3.08. The van der Waals surface area contributed by atoms with E-state index in [4.69, 9.17) is 4.74 Å². The molecule has 5 nitrogen and oxygen atoms in total. The Labute approximate surface area is 145 Å². The summed E-state index contributed by atoms with van der Waals surface area (Å²) in [5, 5.41) is 2.78. The Balaban J connectivity index is 1.66. The summed E-state index contributed by atoms with van der Waals surface area (Å²) in [4.78, 5) is 4.37. The van der Waals surface area contributed by atoms with E-state index in [1.165, 1.54) is 11.3 Å². The molecule has 0 unspecified atom stereocenters. The third-order valence-corrected chi connectivity index (χ3v) is 5.43. The Hall–Kier alpha value is -2.38. The summed E-state index contributed by atoms with van der Waals surface area (Å²) < 4.78 is 32.8. The first kappa shape index (κ1) is 16.5. The van der Waals surface area contributed by atoms with Crippen LogP contribution in [-0.4, -0.2) is 13.4 Å². The van der Waals surface area contributed by atoms with Gasteiger partial charge in [-0.1, -0.05) is 17.7 Å². The normalized spacial score (nSPS) is 11.2. The fourth-order valence-electron chi connectivity index (χ4n) is 2.02. The number of benzene rings is 2. The van der Waals surface area contributed by atoms with Crippen LogP contribution in [-0.2, 0) is 16.6 Å². The third-order valence-electron chi connectivity index (χ3n) is 3.28.